The third-order valence-corrected chi connectivity index (χ3v) is 14.2. The van der Waals surface area contributed by atoms with Gasteiger partial charge in [0, 0.05) is 37.1 Å². The largest absolute Gasteiger partial charge is 0.508 e. The molecule has 404 valence electrons. The number of pyridine rings is 1. The summed E-state index contributed by atoms with van der Waals surface area (Å²) in [7, 11) is 3.45. The molecular formula is C61H75N5O10. The van der Waals surface area contributed by atoms with Gasteiger partial charge in [-0.2, -0.15) is 0 Å². The number of rotatable bonds is 28. The van der Waals surface area contributed by atoms with E-state index < -0.39 is 12.1 Å². The van der Waals surface area contributed by atoms with E-state index in [1.807, 2.05) is 65.6 Å². The maximum absolute atomic E-state index is 14.3. The molecule has 4 aromatic carbocycles. The number of allylic oxidation sites excluding steroid dienone is 1. The lowest BCUT2D eigenvalue weighted by Gasteiger charge is -2.35. The number of hydrogen-bond acceptors (Lipinski definition) is 12. The van der Waals surface area contributed by atoms with Crippen molar-refractivity contribution >= 4 is 34.7 Å². The zero-order chi connectivity index (χ0) is 53.7. The average molecular weight is 1040 g/mol. The van der Waals surface area contributed by atoms with Crippen LogP contribution in [-0.4, -0.2) is 136 Å². The number of carbonyl (C=O) groups is 4. The van der Waals surface area contributed by atoms with Crippen LogP contribution in [0.3, 0.4) is 0 Å². The Labute approximate surface area is 447 Å². The van der Waals surface area contributed by atoms with Gasteiger partial charge in [-0.25, -0.2) is 0 Å². The van der Waals surface area contributed by atoms with Crippen LogP contribution >= 0.6 is 0 Å². The van der Waals surface area contributed by atoms with Crippen LogP contribution in [0.4, 0.5) is 0 Å². The molecule has 1 aliphatic carbocycles. The van der Waals surface area contributed by atoms with E-state index in [1.165, 1.54) is 5.57 Å². The van der Waals surface area contributed by atoms with E-state index in [-0.39, 0.29) is 61.0 Å². The van der Waals surface area contributed by atoms with Gasteiger partial charge in [-0.15, -0.1) is 0 Å². The number of phenolic OH excluding ortho intramolecular Hbond substituents is 1. The van der Waals surface area contributed by atoms with Gasteiger partial charge in [0.15, 0.2) is 5.78 Å². The molecule has 15 heteroatoms. The van der Waals surface area contributed by atoms with Gasteiger partial charge in [0.2, 0.25) is 17.7 Å². The predicted octanol–water partition coefficient (Wildman–Crippen LogP) is 8.69. The molecule has 3 atom stereocenters. The summed E-state index contributed by atoms with van der Waals surface area (Å²) in [6.45, 7) is 6.95. The molecule has 0 unspecified atom stereocenters. The fourth-order valence-corrected chi connectivity index (χ4v) is 9.85. The summed E-state index contributed by atoms with van der Waals surface area (Å²) >= 11 is 0. The first-order valence-electron chi connectivity index (χ1n) is 26.8. The minimum Gasteiger partial charge on any atom is -0.508 e. The number of hydrogen-bond donors (Lipinski definition) is 3. The summed E-state index contributed by atoms with van der Waals surface area (Å²) < 4.78 is 28.8. The van der Waals surface area contributed by atoms with Crippen molar-refractivity contribution in [3.63, 3.8) is 0 Å². The average Bonchev–Trinajstić information content (AvgIpc) is 3.96. The highest BCUT2D eigenvalue weighted by molar-refractivity contribution is 6.09. The van der Waals surface area contributed by atoms with E-state index in [9.17, 15) is 24.3 Å². The molecule has 2 heterocycles. The van der Waals surface area contributed by atoms with Crippen molar-refractivity contribution in [3.8, 4) is 17.2 Å². The van der Waals surface area contributed by atoms with Crippen molar-refractivity contribution in [1.82, 2.24) is 25.4 Å². The molecule has 7 rings (SSSR count). The molecule has 3 amide bonds. The molecule has 76 heavy (non-hydrogen) atoms. The fourth-order valence-electron chi connectivity index (χ4n) is 9.85. The van der Waals surface area contributed by atoms with Gasteiger partial charge in [-0.1, -0.05) is 92.9 Å². The third-order valence-electron chi connectivity index (χ3n) is 14.2. The van der Waals surface area contributed by atoms with Gasteiger partial charge in [0.05, 0.1) is 51.7 Å². The molecular weight excluding hydrogens is 963 g/mol. The predicted molar refractivity (Wildman–Crippen MR) is 293 cm³/mol. The van der Waals surface area contributed by atoms with Crippen molar-refractivity contribution in [2.45, 2.75) is 83.3 Å². The minimum atomic E-state index is -0.595. The highest BCUT2D eigenvalue weighted by atomic mass is 16.6. The van der Waals surface area contributed by atoms with Crippen LogP contribution in [0, 0.1) is 5.92 Å². The molecule has 2 fully saturated rings. The number of nitrogens with one attached hydrogen (secondary N) is 2. The first-order chi connectivity index (χ1) is 37.0. The Balaban J connectivity index is 0.770. The lowest BCUT2D eigenvalue weighted by Crippen LogP contribution is -2.55. The Morgan fingerprint density at radius 1 is 0.697 bits per heavy atom. The second-order valence-corrected chi connectivity index (χ2v) is 19.4. The van der Waals surface area contributed by atoms with Crippen LogP contribution in [0.2, 0.25) is 0 Å². The van der Waals surface area contributed by atoms with Gasteiger partial charge in [0.1, 0.15) is 43.1 Å². The van der Waals surface area contributed by atoms with Gasteiger partial charge in [-0.3, -0.25) is 24.2 Å². The Bertz CT molecular complexity index is 2670. The number of aromatic nitrogens is 1. The number of likely N-dealkylation sites (N-methyl/N-ethyl adjacent to an activating group) is 2. The summed E-state index contributed by atoms with van der Waals surface area (Å²) in [5, 5.41) is 16.0. The highest BCUT2D eigenvalue weighted by Crippen LogP contribution is 2.37. The van der Waals surface area contributed by atoms with E-state index in [0.717, 1.165) is 79.2 Å². The number of aromatic hydroxyl groups is 1. The highest BCUT2D eigenvalue weighted by Gasteiger charge is 2.39. The van der Waals surface area contributed by atoms with Crippen LogP contribution in [0.25, 0.3) is 11.1 Å². The molecule has 15 nitrogen and oxygen atoms in total. The maximum atomic E-state index is 14.3. The zero-order valence-corrected chi connectivity index (χ0v) is 44.5. The molecule has 0 radical (unpaired) electrons. The minimum absolute atomic E-state index is 0.0661. The molecule has 0 bridgehead atoms. The van der Waals surface area contributed by atoms with E-state index in [1.54, 1.807) is 74.7 Å². The van der Waals surface area contributed by atoms with Gasteiger partial charge in [0.25, 0.3) is 0 Å². The summed E-state index contributed by atoms with van der Waals surface area (Å²) in [5.74, 6) is 0.908. The second-order valence-electron chi connectivity index (χ2n) is 19.4. The van der Waals surface area contributed by atoms with Crippen molar-refractivity contribution in [2.24, 2.45) is 5.92 Å². The maximum Gasteiger partial charge on any atom is 0.248 e. The monoisotopic (exact) mass is 1040 g/mol. The number of likely N-dealkylation sites (tertiary alicyclic amines) is 1. The molecule has 1 aromatic heterocycles. The van der Waals surface area contributed by atoms with E-state index in [0.29, 0.717) is 68.7 Å². The third kappa shape index (κ3) is 16.1. The van der Waals surface area contributed by atoms with Crippen molar-refractivity contribution in [1.29, 1.82) is 0 Å². The number of ether oxygens (including phenoxy) is 5. The Hall–Kier alpha value is -6.91. The lowest BCUT2D eigenvalue weighted by molar-refractivity contribution is -0.139. The number of amides is 3. The number of phenols is 1. The molecule has 2 aliphatic rings. The standard InChI is InChI=1S/C61H75N5O10/c1-5-54(44-14-8-6-9-15-44)57(45-21-25-51(67)26-22-45)46-23-27-52(28-24-46)75-31-30-65(4)56(68)42-74-35-34-72-32-33-73-36-37-76-53-19-12-18-48(39-53)59(69)50-38-49(40-63-41-50)55-20-13-29-66(55)61(71)58(47-16-10-7-11-17-47)64-60(70)43(2)62-3/h6,8-9,12,14-15,18-19,21-28,38-41,43,47,55,58,62,67H,5,7,10-11,13,16-17,20,29-37,42H2,1-4H3,(H,64,70)/b57-54-/t43-,55-,58-/m0/s1. The molecule has 1 saturated carbocycles. The molecule has 3 N–H and O–H groups in total. The number of benzene rings is 4. The number of nitrogens with zero attached hydrogens (tertiary/aromatic N) is 3. The van der Waals surface area contributed by atoms with Crippen LogP contribution in [-0.2, 0) is 28.6 Å². The Morgan fingerprint density at radius 2 is 1.36 bits per heavy atom. The summed E-state index contributed by atoms with van der Waals surface area (Å²) in [5.41, 5.74) is 7.14. The number of carbonyl (C=O) groups excluding carboxylic acids is 4. The first-order valence-corrected chi connectivity index (χ1v) is 26.8. The van der Waals surface area contributed by atoms with E-state index >= 15 is 0 Å². The first kappa shape index (κ1) is 56.8. The van der Waals surface area contributed by atoms with Crippen molar-refractivity contribution in [3.05, 3.63) is 155 Å². The van der Waals surface area contributed by atoms with E-state index in [4.69, 9.17) is 23.7 Å². The van der Waals surface area contributed by atoms with Crippen molar-refractivity contribution < 1.29 is 48.0 Å². The molecule has 1 aliphatic heterocycles. The second kappa shape index (κ2) is 29.4. The van der Waals surface area contributed by atoms with Crippen LogP contribution < -0.4 is 20.1 Å². The quantitative estimate of drug-likeness (QED) is 0.0247. The normalized spacial score (nSPS) is 15.8. The molecule has 5 aromatic rings. The zero-order valence-electron chi connectivity index (χ0n) is 44.5. The van der Waals surface area contributed by atoms with Crippen molar-refractivity contribution in [2.75, 3.05) is 80.0 Å². The SMILES string of the molecule is CC/C(=C(\c1ccc(O)cc1)c1ccc(OCCN(C)C(=O)COCCOCCOCCOc2cccc(C(=O)c3cncc([C@@H]4CCCN4C(=O)[C@@H](NC(=O)[C@H](C)NC)C4CCCCC4)c3)c2)cc1)c1ccccc1. The fraction of sp³-hybridized carbons (Fsp3) is 0.426. The topological polar surface area (TPSA) is 178 Å². The van der Waals surface area contributed by atoms with Crippen LogP contribution in [0.5, 0.6) is 17.2 Å². The smallest absolute Gasteiger partial charge is 0.248 e. The van der Waals surface area contributed by atoms with E-state index in [2.05, 4.69) is 34.7 Å². The summed E-state index contributed by atoms with van der Waals surface area (Å²) in [6, 6.07) is 33.1. The lowest BCUT2D eigenvalue weighted by atomic mass is 9.83. The van der Waals surface area contributed by atoms with Crippen LogP contribution in [0.1, 0.15) is 109 Å². The Morgan fingerprint density at radius 3 is 2.05 bits per heavy atom. The van der Waals surface area contributed by atoms with Gasteiger partial charge < -0.3 is 49.2 Å². The molecule has 1 saturated heterocycles. The molecule has 0 spiro atoms. The number of ketones is 1. The van der Waals surface area contributed by atoms with Crippen LogP contribution in [0.15, 0.2) is 122 Å². The van der Waals surface area contributed by atoms with Gasteiger partial charge >= 0.3 is 0 Å². The summed E-state index contributed by atoms with van der Waals surface area (Å²) in [6.07, 6.45) is 10.7. The Kier molecular flexibility index (Phi) is 22.0. The summed E-state index contributed by atoms with van der Waals surface area (Å²) in [4.78, 5) is 61.7. The van der Waals surface area contributed by atoms with Gasteiger partial charge in [-0.05, 0) is 128 Å².